The topological polar surface area (TPSA) is 119 Å². The summed E-state index contributed by atoms with van der Waals surface area (Å²) in [5, 5.41) is 20.7. The summed E-state index contributed by atoms with van der Waals surface area (Å²) in [6, 6.07) is 5.14. The fourth-order valence-corrected chi connectivity index (χ4v) is 1.70. The van der Waals surface area contributed by atoms with Gasteiger partial charge in [0.1, 0.15) is 12.3 Å². The Morgan fingerprint density at radius 2 is 2.00 bits per heavy atom. The van der Waals surface area contributed by atoms with Gasteiger partial charge in [0.05, 0.1) is 18.6 Å². The van der Waals surface area contributed by atoms with Crippen molar-refractivity contribution in [1.82, 2.24) is 15.3 Å². The molecular weight excluding hydrogens is 276 g/mol. The molecule has 0 aliphatic carbocycles. The van der Waals surface area contributed by atoms with Crippen molar-refractivity contribution in [3.05, 3.63) is 42.5 Å². The van der Waals surface area contributed by atoms with E-state index < -0.39 is 18.5 Å². The maximum absolute atomic E-state index is 12.1. The number of phenolic OH excluding ortho intramolecular Hbond substituents is 1. The van der Waals surface area contributed by atoms with Crippen molar-refractivity contribution in [3.8, 4) is 5.75 Å². The molecule has 0 aliphatic rings. The first kappa shape index (κ1) is 14.4. The second-order valence-electron chi connectivity index (χ2n) is 4.23. The van der Waals surface area contributed by atoms with Crippen LogP contribution >= 0.6 is 0 Å². The number of hydrogen-bond donors (Lipinski definition) is 4. The number of H-pyrrole nitrogens is 1. The molecule has 0 bridgehead atoms. The number of anilines is 1. The summed E-state index contributed by atoms with van der Waals surface area (Å²) >= 11 is 0. The van der Waals surface area contributed by atoms with E-state index in [1.807, 2.05) is 0 Å². The van der Waals surface area contributed by atoms with Gasteiger partial charge in [0.25, 0.3) is 0 Å². The highest BCUT2D eigenvalue weighted by molar-refractivity contribution is 5.96. The normalized spacial score (nSPS) is 10.1. The van der Waals surface area contributed by atoms with E-state index in [2.05, 4.69) is 15.3 Å². The summed E-state index contributed by atoms with van der Waals surface area (Å²) in [6.45, 7) is -0.285. The van der Waals surface area contributed by atoms with Crippen LogP contribution in [0.2, 0.25) is 0 Å². The lowest BCUT2D eigenvalue weighted by Crippen LogP contribution is -2.42. The Kier molecular flexibility index (Phi) is 4.39. The number of phenols is 1. The van der Waals surface area contributed by atoms with Gasteiger partial charge in [-0.15, -0.1) is 0 Å². The highest BCUT2D eigenvalue weighted by Crippen LogP contribution is 2.18. The number of aromatic nitrogens is 2. The number of aliphatic carboxylic acids is 1. The molecule has 8 nitrogen and oxygen atoms in total. The number of nitrogens with zero attached hydrogens (tertiary/aromatic N) is 2. The molecule has 8 heteroatoms. The first-order chi connectivity index (χ1) is 10.1. The van der Waals surface area contributed by atoms with Gasteiger partial charge in [-0.2, -0.15) is 0 Å². The van der Waals surface area contributed by atoms with Crippen LogP contribution in [0.25, 0.3) is 0 Å². The number of carbonyl (C=O) groups is 2. The number of aromatic amines is 1. The van der Waals surface area contributed by atoms with Crippen LogP contribution in [0, 0.1) is 0 Å². The molecule has 0 radical (unpaired) electrons. The van der Waals surface area contributed by atoms with Crippen molar-refractivity contribution >= 4 is 17.7 Å². The molecule has 0 saturated carbocycles. The fourth-order valence-electron chi connectivity index (χ4n) is 1.70. The quantitative estimate of drug-likeness (QED) is 0.653. The van der Waals surface area contributed by atoms with Crippen LogP contribution in [0.1, 0.15) is 5.69 Å². The van der Waals surface area contributed by atoms with E-state index in [0.717, 1.165) is 4.90 Å². The number of imidazole rings is 1. The molecular formula is C13H14N4O4. The van der Waals surface area contributed by atoms with Crippen molar-refractivity contribution in [2.45, 2.75) is 6.54 Å². The van der Waals surface area contributed by atoms with E-state index in [-0.39, 0.29) is 12.3 Å². The minimum Gasteiger partial charge on any atom is -0.508 e. The first-order valence-electron chi connectivity index (χ1n) is 6.09. The highest BCUT2D eigenvalue weighted by Gasteiger charge is 2.18. The summed E-state index contributed by atoms with van der Waals surface area (Å²) < 4.78 is 0. The van der Waals surface area contributed by atoms with Crippen molar-refractivity contribution in [2.24, 2.45) is 0 Å². The molecule has 2 rings (SSSR count). The van der Waals surface area contributed by atoms with Gasteiger partial charge in [-0.3, -0.25) is 9.69 Å². The van der Waals surface area contributed by atoms with Crippen LogP contribution in [0.5, 0.6) is 5.75 Å². The van der Waals surface area contributed by atoms with E-state index in [4.69, 9.17) is 5.11 Å². The van der Waals surface area contributed by atoms with Crippen molar-refractivity contribution in [1.29, 1.82) is 0 Å². The van der Waals surface area contributed by atoms with E-state index in [0.29, 0.717) is 11.4 Å². The molecule has 4 N–H and O–H groups in total. The van der Waals surface area contributed by atoms with Gasteiger partial charge >= 0.3 is 12.0 Å². The number of amides is 2. The number of rotatable bonds is 5. The molecule has 0 unspecified atom stereocenters. The van der Waals surface area contributed by atoms with Crippen molar-refractivity contribution in [2.75, 3.05) is 11.4 Å². The molecule has 0 aliphatic heterocycles. The van der Waals surface area contributed by atoms with Crippen LogP contribution < -0.4 is 10.2 Å². The van der Waals surface area contributed by atoms with Crippen LogP contribution in [0.4, 0.5) is 10.5 Å². The second-order valence-corrected chi connectivity index (χ2v) is 4.23. The van der Waals surface area contributed by atoms with Gasteiger partial charge in [-0.05, 0) is 24.3 Å². The zero-order valence-corrected chi connectivity index (χ0v) is 11.0. The van der Waals surface area contributed by atoms with Crippen LogP contribution in [0.3, 0.4) is 0 Å². The minimum absolute atomic E-state index is 0.0342. The molecule has 110 valence electrons. The van der Waals surface area contributed by atoms with Crippen molar-refractivity contribution in [3.63, 3.8) is 0 Å². The van der Waals surface area contributed by atoms with Gasteiger partial charge in [0, 0.05) is 11.9 Å². The average Bonchev–Trinajstić information content (AvgIpc) is 2.96. The molecule has 1 aromatic carbocycles. The van der Waals surface area contributed by atoms with Gasteiger partial charge in [-0.25, -0.2) is 9.78 Å². The van der Waals surface area contributed by atoms with Crippen molar-refractivity contribution < 1.29 is 19.8 Å². The third kappa shape index (κ3) is 3.96. The maximum atomic E-state index is 12.1. The summed E-state index contributed by atoms with van der Waals surface area (Å²) in [5.74, 6) is -1.10. The summed E-state index contributed by atoms with van der Waals surface area (Å²) in [6.07, 6.45) is 3.04. The first-order valence-corrected chi connectivity index (χ1v) is 6.09. The summed E-state index contributed by atoms with van der Waals surface area (Å²) in [4.78, 5) is 30.7. The van der Waals surface area contributed by atoms with E-state index in [1.54, 1.807) is 6.20 Å². The molecule has 0 spiro atoms. The van der Waals surface area contributed by atoms with Crippen LogP contribution in [0.15, 0.2) is 36.8 Å². The third-order valence-electron chi connectivity index (χ3n) is 2.68. The molecule has 21 heavy (non-hydrogen) atoms. The Balaban J connectivity index is 2.09. The number of carboxylic acid groups (broad SMARTS) is 1. The number of hydrogen-bond acceptors (Lipinski definition) is 4. The number of carbonyl (C=O) groups excluding carboxylic acids is 1. The van der Waals surface area contributed by atoms with Crippen LogP contribution in [-0.4, -0.2) is 38.7 Å². The zero-order valence-electron chi connectivity index (χ0n) is 11.0. The lowest BCUT2D eigenvalue weighted by molar-refractivity contribution is -0.135. The van der Waals surface area contributed by atoms with E-state index in [1.165, 1.54) is 30.6 Å². The molecule has 1 heterocycles. The lowest BCUT2D eigenvalue weighted by atomic mass is 10.2. The Hall–Kier alpha value is -3.03. The predicted octanol–water partition coefficient (Wildman–Crippen LogP) is 0.916. The molecule has 2 aromatic rings. The van der Waals surface area contributed by atoms with E-state index in [9.17, 15) is 14.7 Å². The Labute approximate surface area is 120 Å². The minimum atomic E-state index is -1.14. The van der Waals surface area contributed by atoms with Gasteiger partial charge in [0.15, 0.2) is 0 Å². The standard InChI is InChI=1S/C13H14N4O4/c18-11-3-1-10(2-4-11)17(7-12(19)20)13(21)15-6-9-5-14-8-16-9/h1-5,8,18H,6-7H2,(H,14,16)(H,15,21)(H,19,20). The molecule has 0 atom stereocenters. The Bertz CT molecular complexity index is 610. The smallest absolute Gasteiger partial charge is 0.323 e. The summed E-state index contributed by atoms with van der Waals surface area (Å²) in [7, 11) is 0. The number of nitrogens with one attached hydrogen (secondary N) is 2. The molecule has 1 aromatic heterocycles. The monoisotopic (exact) mass is 290 g/mol. The van der Waals surface area contributed by atoms with E-state index >= 15 is 0 Å². The van der Waals surface area contributed by atoms with Crippen LogP contribution in [-0.2, 0) is 11.3 Å². The van der Waals surface area contributed by atoms with Gasteiger partial charge in [-0.1, -0.05) is 0 Å². The number of urea groups is 1. The Morgan fingerprint density at radius 3 is 2.57 bits per heavy atom. The third-order valence-corrected chi connectivity index (χ3v) is 2.68. The highest BCUT2D eigenvalue weighted by atomic mass is 16.4. The largest absolute Gasteiger partial charge is 0.508 e. The zero-order chi connectivity index (χ0) is 15.2. The lowest BCUT2D eigenvalue weighted by Gasteiger charge is -2.21. The number of carboxylic acids is 1. The molecule has 0 saturated heterocycles. The fraction of sp³-hybridized carbons (Fsp3) is 0.154. The predicted molar refractivity (Wildman–Crippen MR) is 73.9 cm³/mol. The SMILES string of the molecule is O=C(O)CN(C(=O)NCc1cnc[nH]1)c1ccc(O)cc1. The number of benzene rings is 1. The molecule has 2 amide bonds. The second kappa shape index (κ2) is 6.42. The number of aromatic hydroxyl groups is 1. The summed E-state index contributed by atoms with van der Waals surface area (Å²) in [5.41, 5.74) is 1.07. The van der Waals surface area contributed by atoms with Gasteiger partial charge in [0.2, 0.25) is 0 Å². The maximum Gasteiger partial charge on any atom is 0.323 e. The average molecular weight is 290 g/mol. The van der Waals surface area contributed by atoms with Gasteiger partial charge < -0.3 is 20.5 Å². The molecule has 0 fully saturated rings. The Morgan fingerprint density at radius 1 is 1.29 bits per heavy atom.